The van der Waals surface area contributed by atoms with Crippen molar-refractivity contribution in [1.82, 2.24) is 10.2 Å². The number of ether oxygens (including phenoxy) is 1. The van der Waals surface area contributed by atoms with Gasteiger partial charge in [0.2, 0.25) is 0 Å². The van der Waals surface area contributed by atoms with Crippen molar-refractivity contribution in [2.75, 3.05) is 32.0 Å². The number of carbonyl (C=O) groups excluding carboxylic acids is 1. The SMILES string of the molecule is CNCC1CCN(C(=O)c2ccccc2Nc2ccc(OC(F)F)cc2)C1.Cl. The zero-order valence-electron chi connectivity index (χ0n) is 15.5. The summed E-state index contributed by atoms with van der Waals surface area (Å²) in [6.07, 6.45) is 0.994. The number of nitrogens with zero attached hydrogens (tertiary/aromatic N) is 1. The van der Waals surface area contributed by atoms with E-state index in [4.69, 9.17) is 0 Å². The number of halogens is 3. The first-order valence-electron chi connectivity index (χ1n) is 8.91. The Morgan fingerprint density at radius 1 is 1.21 bits per heavy atom. The Kier molecular flexibility index (Phi) is 8.02. The van der Waals surface area contributed by atoms with Crippen molar-refractivity contribution < 1.29 is 18.3 Å². The van der Waals surface area contributed by atoms with Crippen molar-refractivity contribution in [2.24, 2.45) is 5.92 Å². The van der Waals surface area contributed by atoms with Crippen LogP contribution in [0.3, 0.4) is 0 Å². The Labute approximate surface area is 169 Å². The molecule has 2 aromatic carbocycles. The van der Waals surface area contributed by atoms with Crippen LogP contribution in [0.5, 0.6) is 5.75 Å². The molecule has 0 aliphatic carbocycles. The predicted molar refractivity (Wildman–Crippen MR) is 108 cm³/mol. The molecule has 5 nitrogen and oxygen atoms in total. The Morgan fingerprint density at radius 2 is 1.93 bits per heavy atom. The Hall–Kier alpha value is -2.38. The summed E-state index contributed by atoms with van der Waals surface area (Å²) in [5.74, 6) is 0.559. The van der Waals surface area contributed by atoms with Crippen LogP contribution >= 0.6 is 12.4 Å². The molecule has 1 amide bonds. The molecule has 1 unspecified atom stereocenters. The van der Waals surface area contributed by atoms with Gasteiger partial charge in [0.05, 0.1) is 11.3 Å². The number of carbonyl (C=O) groups is 1. The lowest BCUT2D eigenvalue weighted by molar-refractivity contribution is -0.0498. The standard InChI is InChI=1S/C20H23F2N3O2.ClH/c1-23-12-14-10-11-25(13-14)19(26)17-4-2-3-5-18(17)24-15-6-8-16(9-7-15)27-20(21)22;/h2-9,14,20,23-24H,10-13H2,1H3;1H. The van der Waals surface area contributed by atoms with Gasteiger partial charge < -0.3 is 20.3 Å². The molecule has 0 aromatic heterocycles. The Balaban J connectivity index is 0.00000280. The van der Waals surface area contributed by atoms with Gasteiger partial charge in [-0.1, -0.05) is 12.1 Å². The van der Waals surface area contributed by atoms with Gasteiger partial charge in [0.15, 0.2) is 0 Å². The lowest BCUT2D eigenvalue weighted by Crippen LogP contribution is -2.30. The van der Waals surface area contributed by atoms with Crippen LogP contribution < -0.4 is 15.4 Å². The van der Waals surface area contributed by atoms with E-state index in [1.807, 2.05) is 30.1 Å². The number of amides is 1. The number of anilines is 2. The van der Waals surface area contributed by atoms with E-state index in [9.17, 15) is 13.6 Å². The second kappa shape index (κ2) is 10.2. The highest BCUT2D eigenvalue weighted by molar-refractivity contribution is 6.00. The molecular weight excluding hydrogens is 388 g/mol. The molecule has 0 bridgehead atoms. The van der Waals surface area contributed by atoms with Crippen molar-refractivity contribution in [3.63, 3.8) is 0 Å². The zero-order chi connectivity index (χ0) is 19.2. The maximum atomic E-state index is 12.9. The van der Waals surface area contributed by atoms with Crippen LogP contribution in [0.4, 0.5) is 20.2 Å². The number of nitrogens with one attached hydrogen (secondary N) is 2. The van der Waals surface area contributed by atoms with E-state index in [2.05, 4.69) is 15.4 Å². The molecule has 0 radical (unpaired) electrons. The van der Waals surface area contributed by atoms with Crippen molar-refractivity contribution >= 4 is 29.7 Å². The lowest BCUT2D eigenvalue weighted by atomic mass is 10.1. The molecule has 0 spiro atoms. The number of alkyl halides is 2. The summed E-state index contributed by atoms with van der Waals surface area (Å²) in [6, 6.07) is 13.5. The van der Waals surface area contributed by atoms with Gasteiger partial charge in [-0.25, -0.2) is 0 Å². The van der Waals surface area contributed by atoms with Crippen molar-refractivity contribution in [3.8, 4) is 5.75 Å². The first-order valence-corrected chi connectivity index (χ1v) is 8.91. The molecule has 1 aliphatic rings. The van der Waals surface area contributed by atoms with Gasteiger partial charge in [-0.3, -0.25) is 4.79 Å². The molecule has 1 saturated heterocycles. The van der Waals surface area contributed by atoms with E-state index in [0.29, 0.717) is 22.9 Å². The lowest BCUT2D eigenvalue weighted by Gasteiger charge is -2.19. The smallest absolute Gasteiger partial charge is 0.387 e. The second-order valence-electron chi connectivity index (χ2n) is 6.54. The molecule has 1 aliphatic heterocycles. The van der Waals surface area contributed by atoms with Gasteiger partial charge in [-0.15, -0.1) is 12.4 Å². The van der Waals surface area contributed by atoms with E-state index in [0.717, 1.165) is 26.1 Å². The molecule has 152 valence electrons. The first-order chi connectivity index (χ1) is 13.1. The van der Waals surface area contributed by atoms with E-state index < -0.39 is 6.61 Å². The first kappa shape index (κ1) is 21.9. The third-order valence-corrected chi connectivity index (χ3v) is 4.58. The highest BCUT2D eigenvalue weighted by Crippen LogP contribution is 2.26. The summed E-state index contributed by atoms with van der Waals surface area (Å²) in [5, 5.41) is 6.35. The zero-order valence-corrected chi connectivity index (χ0v) is 16.3. The molecule has 1 atom stereocenters. The fraction of sp³-hybridized carbons (Fsp3) is 0.350. The van der Waals surface area contributed by atoms with Crippen LogP contribution in [0.2, 0.25) is 0 Å². The van der Waals surface area contributed by atoms with Crippen LogP contribution in [-0.2, 0) is 0 Å². The summed E-state index contributed by atoms with van der Waals surface area (Å²) in [6.45, 7) is -0.460. The molecule has 2 aromatic rings. The monoisotopic (exact) mass is 411 g/mol. The summed E-state index contributed by atoms with van der Waals surface area (Å²) >= 11 is 0. The summed E-state index contributed by atoms with van der Waals surface area (Å²) in [7, 11) is 1.92. The summed E-state index contributed by atoms with van der Waals surface area (Å²) in [5.41, 5.74) is 1.96. The van der Waals surface area contributed by atoms with Crippen molar-refractivity contribution in [1.29, 1.82) is 0 Å². The number of rotatable bonds is 7. The maximum Gasteiger partial charge on any atom is 0.387 e. The Bertz CT molecular complexity index is 774. The maximum absolute atomic E-state index is 12.9. The average molecular weight is 412 g/mol. The number of hydrogen-bond donors (Lipinski definition) is 2. The number of likely N-dealkylation sites (tertiary alicyclic amines) is 1. The molecule has 0 saturated carbocycles. The van der Waals surface area contributed by atoms with Crippen LogP contribution in [0.1, 0.15) is 16.8 Å². The minimum absolute atomic E-state index is 0. The van der Waals surface area contributed by atoms with E-state index in [-0.39, 0.29) is 24.1 Å². The van der Waals surface area contributed by atoms with Crippen LogP contribution in [-0.4, -0.2) is 44.1 Å². The molecule has 8 heteroatoms. The van der Waals surface area contributed by atoms with Crippen LogP contribution in [0.25, 0.3) is 0 Å². The van der Waals surface area contributed by atoms with Gasteiger partial charge in [0.1, 0.15) is 5.75 Å². The second-order valence-corrected chi connectivity index (χ2v) is 6.54. The summed E-state index contributed by atoms with van der Waals surface area (Å²) < 4.78 is 28.9. The Morgan fingerprint density at radius 3 is 2.61 bits per heavy atom. The number of benzene rings is 2. The van der Waals surface area contributed by atoms with Gasteiger partial charge in [0.25, 0.3) is 5.91 Å². The molecule has 2 N–H and O–H groups in total. The minimum atomic E-state index is -2.85. The van der Waals surface area contributed by atoms with Crippen molar-refractivity contribution in [3.05, 3.63) is 54.1 Å². The largest absolute Gasteiger partial charge is 0.435 e. The quantitative estimate of drug-likeness (QED) is 0.719. The predicted octanol–water partition coefficient (Wildman–Crippen LogP) is 4.13. The van der Waals surface area contributed by atoms with Crippen molar-refractivity contribution in [2.45, 2.75) is 13.0 Å². The van der Waals surface area contributed by atoms with E-state index >= 15 is 0 Å². The molecule has 1 fully saturated rings. The van der Waals surface area contributed by atoms with Gasteiger partial charge >= 0.3 is 6.61 Å². The summed E-state index contributed by atoms with van der Waals surface area (Å²) in [4.78, 5) is 14.8. The van der Waals surface area contributed by atoms with E-state index in [1.54, 1.807) is 18.2 Å². The van der Waals surface area contributed by atoms with Gasteiger partial charge in [-0.2, -0.15) is 8.78 Å². The van der Waals surface area contributed by atoms with E-state index in [1.165, 1.54) is 12.1 Å². The average Bonchev–Trinajstić information content (AvgIpc) is 3.12. The molecule has 3 rings (SSSR count). The fourth-order valence-corrected chi connectivity index (χ4v) is 3.30. The molecular formula is C20H24ClF2N3O2. The normalized spacial score (nSPS) is 16.0. The highest BCUT2D eigenvalue weighted by Gasteiger charge is 2.27. The van der Waals surface area contributed by atoms with Gasteiger partial charge in [0, 0.05) is 18.8 Å². The van der Waals surface area contributed by atoms with Crippen LogP contribution in [0.15, 0.2) is 48.5 Å². The number of hydrogen-bond acceptors (Lipinski definition) is 4. The van der Waals surface area contributed by atoms with Crippen LogP contribution in [0, 0.1) is 5.92 Å². The fourth-order valence-electron chi connectivity index (χ4n) is 3.30. The molecule has 28 heavy (non-hydrogen) atoms. The third-order valence-electron chi connectivity index (χ3n) is 4.58. The third kappa shape index (κ3) is 5.56. The molecule has 1 heterocycles. The minimum Gasteiger partial charge on any atom is -0.435 e. The highest BCUT2D eigenvalue weighted by atomic mass is 35.5. The number of para-hydroxylation sites is 1. The topological polar surface area (TPSA) is 53.6 Å². The van der Waals surface area contributed by atoms with Gasteiger partial charge in [-0.05, 0) is 62.3 Å².